The number of rotatable bonds is 5. The van der Waals surface area contributed by atoms with Crippen molar-refractivity contribution in [2.24, 2.45) is 0 Å². The Morgan fingerprint density at radius 1 is 1.14 bits per heavy atom. The van der Waals surface area contributed by atoms with E-state index in [0.717, 1.165) is 27.7 Å². The molecule has 0 radical (unpaired) electrons. The molecule has 0 unspecified atom stereocenters. The minimum absolute atomic E-state index is 0.146. The number of aromatic nitrogens is 3. The molecular formula is C20H14N4O2S2. The minimum atomic E-state index is -0.146. The average Bonchev–Trinajstić information content (AvgIpc) is 3.43. The van der Waals surface area contributed by atoms with E-state index in [0.29, 0.717) is 15.9 Å². The van der Waals surface area contributed by atoms with Gasteiger partial charge in [0.1, 0.15) is 5.52 Å². The molecule has 0 bridgehead atoms. The first kappa shape index (κ1) is 17.0. The zero-order valence-corrected chi connectivity index (χ0v) is 16.1. The van der Waals surface area contributed by atoms with Crippen LogP contribution in [-0.4, -0.2) is 26.6 Å². The van der Waals surface area contributed by atoms with E-state index in [4.69, 9.17) is 4.42 Å². The highest BCUT2D eigenvalue weighted by molar-refractivity contribution is 7.99. The fourth-order valence-corrected chi connectivity index (χ4v) is 4.30. The van der Waals surface area contributed by atoms with Crippen LogP contribution in [0, 0.1) is 0 Å². The fraction of sp³-hybridized carbons (Fsp3) is 0.0500. The van der Waals surface area contributed by atoms with Crippen molar-refractivity contribution >= 4 is 56.1 Å². The lowest BCUT2D eigenvalue weighted by atomic mass is 10.1. The van der Waals surface area contributed by atoms with Gasteiger partial charge in [-0.3, -0.25) is 4.79 Å². The first-order chi connectivity index (χ1) is 13.8. The maximum atomic E-state index is 12.3. The smallest absolute Gasteiger partial charge is 0.257 e. The number of thiazole rings is 1. The summed E-state index contributed by atoms with van der Waals surface area (Å²) in [6.07, 6.45) is 1.94. The van der Waals surface area contributed by atoms with Gasteiger partial charge in [-0.2, -0.15) is 0 Å². The van der Waals surface area contributed by atoms with Crippen molar-refractivity contribution < 1.29 is 9.21 Å². The maximum Gasteiger partial charge on any atom is 0.257 e. The number of amides is 1. The van der Waals surface area contributed by atoms with E-state index in [2.05, 4.69) is 26.3 Å². The molecule has 0 saturated carbocycles. The average molecular weight is 406 g/mol. The number of nitrogens with zero attached hydrogens (tertiary/aromatic N) is 2. The van der Waals surface area contributed by atoms with Gasteiger partial charge in [0.15, 0.2) is 10.7 Å². The summed E-state index contributed by atoms with van der Waals surface area (Å²) in [5.41, 5.74) is 4.42. The Morgan fingerprint density at radius 3 is 2.93 bits per heavy atom. The van der Waals surface area contributed by atoms with Gasteiger partial charge in [-0.1, -0.05) is 42.1 Å². The number of hydrogen-bond donors (Lipinski definition) is 2. The van der Waals surface area contributed by atoms with E-state index in [1.165, 1.54) is 23.1 Å². The molecular weight excluding hydrogens is 392 g/mol. The lowest BCUT2D eigenvalue weighted by Gasteiger charge is -1.99. The first-order valence-electron chi connectivity index (χ1n) is 8.56. The Hall–Kier alpha value is -3.10. The second kappa shape index (κ2) is 7.14. The number of fused-ring (bicyclic) bond motifs is 2. The summed E-state index contributed by atoms with van der Waals surface area (Å²) >= 11 is 2.67. The van der Waals surface area contributed by atoms with Crippen LogP contribution in [0.5, 0.6) is 0 Å². The number of nitrogens with one attached hydrogen (secondary N) is 2. The molecule has 1 amide bonds. The summed E-state index contributed by atoms with van der Waals surface area (Å²) in [7, 11) is 0. The van der Waals surface area contributed by atoms with E-state index in [1.54, 1.807) is 0 Å². The van der Waals surface area contributed by atoms with Gasteiger partial charge in [0.2, 0.25) is 5.91 Å². The van der Waals surface area contributed by atoms with Gasteiger partial charge in [0, 0.05) is 28.0 Å². The van der Waals surface area contributed by atoms with E-state index in [9.17, 15) is 4.79 Å². The number of oxazole rings is 1. The number of H-pyrrole nitrogens is 1. The van der Waals surface area contributed by atoms with Crippen LogP contribution in [-0.2, 0) is 4.79 Å². The SMILES string of the molecule is O=C(CSc1nc2ccccc2o1)Nc1nc(-c2c[nH]c3ccccc23)cs1. The van der Waals surface area contributed by atoms with E-state index >= 15 is 0 Å². The Labute approximate surface area is 168 Å². The first-order valence-corrected chi connectivity index (χ1v) is 10.4. The van der Waals surface area contributed by atoms with Gasteiger partial charge in [0.25, 0.3) is 5.22 Å². The summed E-state index contributed by atoms with van der Waals surface area (Å²) < 4.78 is 5.62. The Bertz CT molecular complexity index is 1250. The largest absolute Gasteiger partial charge is 0.431 e. The monoisotopic (exact) mass is 406 g/mol. The van der Waals surface area contributed by atoms with Crippen LogP contribution in [0.2, 0.25) is 0 Å². The quantitative estimate of drug-likeness (QED) is 0.394. The summed E-state index contributed by atoms with van der Waals surface area (Å²) in [5.74, 6) is 0.0570. The van der Waals surface area contributed by atoms with Crippen molar-refractivity contribution in [3.05, 3.63) is 60.1 Å². The molecule has 28 heavy (non-hydrogen) atoms. The van der Waals surface area contributed by atoms with Crippen LogP contribution in [0.15, 0.2) is 69.7 Å². The van der Waals surface area contributed by atoms with E-state index in [1.807, 2.05) is 54.0 Å². The minimum Gasteiger partial charge on any atom is -0.431 e. The summed E-state index contributed by atoms with van der Waals surface area (Å²) in [4.78, 5) is 24.4. The molecule has 6 nitrogen and oxygen atoms in total. The molecule has 0 aliphatic heterocycles. The van der Waals surface area contributed by atoms with Crippen LogP contribution in [0.4, 0.5) is 5.13 Å². The zero-order valence-electron chi connectivity index (χ0n) is 14.5. The number of carbonyl (C=O) groups excluding carboxylic acids is 1. The Morgan fingerprint density at radius 2 is 2.00 bits per heavy atom. The number of para-hydroxylation sites is 3. The van der Waals surface area contributed by atoms with Crippen LogP contribution in [0.3, 0.4) is 0 Å². The second-order valence-corrected chi connectivity index (χ2v) is 7.85. The molecule has 3 aromatic heterocycles. The summed E-state index contributed by atoms with van der Waals surface area (Å²) in [6.45, 7) is 0. The van der Waals surface area contributed by atoms with E-state index < -0.39 is 0 Å². The molecule has 0 aliphatic rings. The molecule has 0 fully saturated rings. The highest BCUT2D eigenvalue weighted by Crippen LogP contribution is 2.31. The van der Waals surface area contributed by atoms with Crippen molar-refractivity contribution in [2.75, 3.05) is 11.1 Å². The van der Waals surface area contributed by atoms with Crippen LogP contribution in [0.25, 0.3) is 33.3 Å². The van der Waals surface area contributed by atoms with Gasteiger partial charge in [-0.25, -0.2) is 9.97 Å². The number of carbonyl (C=O) groups is 1. The molecule has 8 heteroatoms. The lowest BCUT2D eigenvalue weighted by Crippen LogP contribution is -2.13. The molecule has 2 N–H and O–H groups in total. The van der Waals surface area contributed by atoms with Gasteiger partial charge < -0.3 is 14.7 Å². The maximum absolute atomic E-state index is 12.3. The number of thioether (sulfide) groups is 1. The fourth-order valence-electron chi connectivity index (χ4n) is 2.93. The standard InChI is InChI=1S/C20H14N4O2S2/c25-18(11-28-20-23-15-7-3-4-8-17(15)26-20)24-19-22-16(10-27-19)13-9-21-14-6-2-1-5-12(13)14/h1-10,21H,11H2,(H,22,24,25). The topological polar surface area (TPSA) is 83.8 Å². The van der Waals surface area contributed by atoms with Crippen molar-refractivity contribution in [3.8, 4) is 11.3 Å². The van der Waals surface area contributed by atoms with Crippen molar-refractivity contribution in [1.82, 2.24) is 15.0 Å². The van der Waals surface area contributed by atoms with Crippen molar-refractivity contribution in [2.45, 2.75) is 5.22 Å². The van der Waals surface area contributed by atoms with Gasteiger partial charge in [-0.05, 0) is 18.2 Å². The third-order valence-corrected chi connectivity index (χ3v) is 5.80. The predicted octanol–water partition coefficient (Wildman–Crippen LogP) is 5.16. The van der Waals surface area contributed by atoms with E-state index in [-0.39, 0.29) is 11.7 Å². The third-order valence-electron chi connectivity index (χ3n) is 4.22. The molecule has 0 aliphatic carbocycles. The highest BCUT2D eigenvalue weighted by Gasteiger charge is 2.13. The number of hydrogen-bond acceptors (Lipinski definition) is 6. The highest BCUT2D eigenvalue weighted by atomic mass is 32.2. The summed E-state index contributed by atoms with van der Waals surface area (Å²) in [5, 5.41) is 6.95. The number of aromatic amines is 1. The van der Waals surface area contributed by atoms with Gasteiger partial charge >= 0.3 is 0 Å². The Kier molecular flexibility index (Phi) is 4.34. The van der Waals surface area contributed by atoms with Crippen molar-refractivity contribution in [3.63, 3.8) is 0 Å². The Balaban J connectivity index is 1.25. The van der Waals surface area contributed by atoms with Gasteiger partial charge in [-0.15, -0.1) is 11.3 Å². The molecule has 0 atom stereocenters. The second-order valence-electron chi connectivity index (χ2n) is 6.07. The third kappa shape index (κ3) is 3.28. The predicted molar refractivity (Wildman–Crippen MR) is 113 cm³/mol. The normalized spacial score (nSPS) is 11.3. The van der Waals surface area contributed by atoms with Gasteiger partial charge in [0.05, 0.1) is 11.4 Å². The zero-order chi connectivity index (χ0) is 18.9. The molecule has 0 spiro atoms. The van der Waals surface area contributed by atoms with Crippen molar-refractivity contribution in [1.29, 1.82) is 0 Å². The van der Waals surface area contributed by atoms with Crippen LogP contribution >= 0.6 is 23.1 Å². The molecule has 3 heterocycles. The number of anilines is 1. The number of benzene rings is 2. The molecule has 5 aromatic rings. The lowest BCUT2D eigenvalue weighted by molar-refractivity contribution is -0.113. The summed E-state index contributed by atoms with van der Waals surface area (Å²) in [6, 6.07) is 15.6. The molecule has 0 saturated heterocycles. The molecule has 5 rings (SSSR count). The molecule has 2 aromatic carbocycles. The van der Waals surface area contributed by atoms with Crippen LogP contribution in [0.1, 0.15) is 0 Å². The van der Waals surface area contributed by atoms with Crippen LogP contribution < -0.4 is 5.32 Å². The molecule has 138 valence electrons.